The molecule has 1 aliphatic rings. The molecule has 0 atom stereocenters. The van der Waals surface area contributed by atoms with Gasteiger partial charge in [-0.15, -0.1) is 0 Å². The number of carbonyl (C=O) groups is 2. The molecule has 144 valence electrons. The van der Waals surface area contributed by atoms with Crippen molar-refractivity contribution in [3.8, 4) is 5.75 Å². The molecule has 0 N–H and O–H groups in total. The Morgan fingerprint density at radius 2 is 2.08 bits per heavy atom. The Balaban J connectivity index is 1.97. The predicted molar refractivity (Wildman–Crippen MR) is 97.1 cm³/mol. The summed E-state index contributed by atoms with van der Waals surface area (Å²) >= 11 is 0. The molecule has 7 heteroatoms. The molecular formula is C19H28N2O5. The average molecular weight is 364 g/mol. The highest BCUT2D eigenvalue weighted by Gasteiger charge is 2.20. The zero-order valence-electron chi connectivity index (χ0n) is 15.8. The molecule has 1 aromatic carbocycles. The summed E-state index contributed by atoms with van der Waals surface area (Å²) in [7, 11) is 5.11. The van der Waals surface area contributed by atoms with E-state index in [4.69, 9.17) is 14.2 Å². The number of carbonyl (C=O) groups excluding carboxylic acids is 2. The molecule has 2 amide bonds. The Morgan fingerprint density at radius 1 is 1.27 bits per heavy atom. The van der Waals surface area contributed by atoms with Crippen molar-refractivity contribution in [1.82, 2.24) is 9.80 Å². The molecule has 0 saturated carbocycles. The molecule has 2 rings (SSSR count). The maximum atomic E-state index is 12.4. The van der Waals surface area contributed by atoms with Gasteiger partial charge in [-0.3, -0.25) is 9.59 Å². The minimum atomic E-state index is -0.0641. The molecule has 0 bridgehead atoms. The van der Waals surface area contributed by atoms with Gasteiger partial charge in [0.2, 0.25) is 11.8 Å². The van der Waals surface area contributed by atoms with Crippen LogP contribution in [-0.2, 0) is 32.0 Å². The van der Waals surface area contributed by atoms with Crippen LogP contribution in [0.2, 0.25) is 0 Å². The Morgan fingerprint density at radius 3 is 2.81 bits per heavy atom. The van der Waals surface area contributed by atoms with E-state index in [9.17, 15) is 9.59 Å². The van der Waals surface area contributed by atoms with Crippen LogP contribution in [0.25, 0.3) is 0 Å². The molecule has 0 radical (unpaired) electrons. The van der Waals surface area contributed by atoms with E-state index in [0.29, 0.717) is 45.8 Å². The fourth-order valence-corrected chi connectivity index (χ4v) is 2.68. The Hall–Kier alpha value is -2.12. The third kappa shape index (κ3) is 6.00. The Kier molecular flexibility index (Phi) is 7.87. The summed E-state index contributed by atoms with van der Waals surface area (Å²) in [6, 6.07) is 5.93. The number of amides is 2. The average Bonchev–Trinajstić information content (AvgIpc) is 2.84. The second-order valence-corrected chi connectivity index (χ2v) is 6.44. The summed E-state index contributed by atoms with van der Waals surface area (Å²) in [5, 5.41) is 0. The monoisotopic (exact) mass is 364 g/mol. The van der Waals surface area contributed by atoms with Crippen LogP contribution in [0.15, 0.2) is 18.2 Å². The van der Waals surface area contributed by atoms with Crippen molar-refractivity contribution in [3.05, 3.63) is 29.3 Å². The fraction of sp³-hybridized carbons (Fsp3) is 0.579. The molecule has 26 heavy (non-hydrogen) atoms. The third-order valence-corrected chi connectivity index (χ3v) is 4.24. The molecule has 0 aromatic heterocycles. The van der Waals surface area contributed by atoms with Crippen molar-refractivity contribution in [2.75, 3.05) is 54.2 Å². The van der Waals surface area contributed by atoms with Gasteiger partial charge in [0, 0.05) is 39.7 Å². The summed E-state index contributed by atoms with van der Waals surface area (Å²) in [4.78, 5) is 27.5. The minimum Gasteiger partial charge on any atom is -0.491 e. The standard InChI is InChI=1S/C19H28N2O5/c1-20(2)18(22)7-5-15-4-6-17-16(12-15)13-21(8-9-26-17)19(23)14-25-11-10-24-3/h4,6,12H,5,7-11,13-14H2,1-3H3. The highest BCUT2D eigenvalue weighted by atomic mass is 16.5. The SMILES string of the molecule is COCCOCC(=O)N1CCOc2ccc(CCC(=O)N(C)C)cc2C1. The first-order valence-corrected chi connectivity index (χ1v) is 8.80. The first kappa shape index (κ1) is 20.2. The molecule has 1 heterocycles. The summed E-state index contributed by atoms with van der Waals surface area (Å²) in [6.07, 6.45) is 1.13. The lowest BCUT2D eigenvalue weighted by Gasteiger charge is -2.20. The van der Waals surface area contributed by atoms with E-state index >= 15 is 0 Å². The van der Waals surface area contributed by atoms with E-state index in [2.05, 4.69) is 0 Å². The zero-order chi connectivity index (χ0) is 18.9. The zero-order valence-corrected chi connectivity index (χ0v) is 15.8. The third-order valence-electron chi connectivity index (χ3n) is 4.24. The molecule has 0 spiro atoms. The molecular weight excluding hydrogens is 336 g/mol. The molecule has 0 aliphatic carbocycles. The number of aryl methyl sites for hydroxylation is 1. The number of ether oxygens (including phenoxy) is 3. The van der Waals surface area contributed by atoms with Crippen LogP contribution in [0.4, 0.5) is 0 Å². The van der Waals surface area contributed by atoms with Gasteiger partial charge in [0.1, 0.15) is 19.0 Å². The number of methoxy groups -OCH3 is 1. The highest BCUT2D eigenvalue weighted by molar-refractivity contribution is 5.77. The topological polar surface area (TPSA) is 68.3 Å². The van der Waals surface area contributed by atoms with Crippen LogP contribution in [0.1, 0.15) is 17.5 Å². The van der Waals surface area contributed by atoms with Crippen LogP contribution in [-0.4, -0.2) is 75.8 Å². The van der Waals surface area contributed by atoms with Crippen molar-refractivity contribution >= 4 is 11.8 Å². The summed E-state index contributed by atoms with van der Waals surface area (Å²) < 4.78 is 16.0. The van der Waals surface area contributed by atoms with E-state index in [-0.39, 0.29) is 18.4 Å². The molecule has 0 unspecified atom stereocenters. The largest absolute Gasteiger partial charge is 0.491 e. The van der Waals surface area contributed by atoms with Crippen LogP contribution in [0.5, 0.6) is 5.75 Å². The number of nitrogens with zero attached hydrogens (tertiary/aromatic N) is 2. The second kappa shape index (κ2) is 10.1. The summed E-state index contributed by atoms with van der Waals surface area (Å²) in [6.45, 7) is 2.36. The quantitative estimate of drug-likeness (QED) is 0.646. The van der Waals surface area contributed by atoms with Gasteiger partial charge in [-0.05, 0) is 18.1 Å². The lowest BCUT2D eigenvalue weighted by Crippen LogP contribution is -2.35. The Labute approximate surface area is 154 Å². The number of hydrogen-bond acceptors (Lipinski definition) is 5. The molecule has 1 aliphatic heterocycles. The van der Waals surface area contributed by atoms with E-state index < -0.39 is 0 Å². The Bertz CT molecular complexity index is 618. The van der Waals surface area contributed by atoms with Gasteiger partial charge < -0.3 is 24.0 Å². The smallest absolute Gasteiger partial charge is 0.248 e. The second-order valence-electron chi connectivity index (χ2n) is 6.44. The van der Waals surface area contributed by atoms with Crippen LogP contribution < -0.4 is 4.74 Å². The number of fused-ring (bicyclic) bond motifs is 1. The van der Waals surface area contributed by atoms with Crippen LogP contribution in [0.3, 0.4) is 0 Å². The van der Waals surface area contributed by atoms with Gasteiger partial charge in [0.05, 0.1) is 19.8 Å². The van der Waals surface area contributed by atoms with Gasteiger partial charge in [0.15, 0.2) is 0 Å². The molecule has 7 nitrogen and oxygen atoms in total. The van der Waals surface area contributed by atoms with Crippen molar-refractivity contribution in [2.24, 2.45) is 0 Å². The van der Waals surface area contributed by atoms with Crippen molar-refractivity contribution in [1.29, 1.82) is 0 Å². The van der Waals surface area contributed by atoms with Crippen LogP contribution >= 0.6 is 0 Å². The van der Waals surface area contributed by atoms with E-state index in [1.807, 2.05) is 18.2 Å². The first-order valence-electron chi connectivity index (χ1n) is 8.80. The number of rotatable bonds is 8. The summed E-state index contributed by atoms with van der Waals surface area (Å²) in [5.74, 6) is 0.829. The molecule has 0 fully saturated rings. The van der Waals surface area contributed by atoms with Crippen molar-refractivity contribution < 1.29 is 23.8 Å². The van der Waals surface area contributed by atoms with Crippen LogP contribution in [0, 0.1) is 0 Å². The molecule has 1 aromatic rings. The first-order chi connectivity index (χ1) is 12.5. The van der Waals surface area contributed by atoms with E-state index in [1.165, 1.54) is 0 Å². The van der Waals surface area contributed by atoms with Crippen molar-refractivity contribution in [2.45, 2.75) is 19.4 Å². The van der Waals surface area contributed by atoms with E-state index in [0.717, 1.165) is 16.9 Å². The predicted octanol–water partition coefficient (Wildman–Crippen LogP) is 1.09. The normalized spacial score (nSPS) is 13.6. The van der Waals surface area contributed by atoms with Gasteiger partial charge in [0.25, 0.3) is 0 Å². The van der Waals surface area contributed by atoms with Gasteiger partial charge in [-0.1, -0.05) is 12.1 Å². The van der Waals surface area contributed by atoms with Gasteiger partial charge in [-0.2, -0.15) is 0 Å². The highest BCUT2D eigenvalue weighted by Crippen LogP contribution is 2.25. The van der Waals surface area contributed by atoms with Crippen molar-refractivity contribution in [3.63, 3.8) is 0 Å². The van der Waals surface area contributed by atoms with Gasteiger partial charge >= 0.3 is 0 Å². The maximum absolute atomic E-state index is 12.4. The molecule has 0 saturated heterocycles. The number of hydrogen-bond donors (Lipinski definition) is 0. The number of benzene rings is 1. The maximum Gasteiger partial charge on any atom is 0.248 e. The fourth-order valence-electron chi connectivity index (χ4n) is 2.68. The van der Waals surface area contributed by atoms with Gasteiger partial charge in [-0.25, -0.2) is 0 Å². The lowest BCUT2D eigenvalue weighted by molar-refractivity contribution is -0.137. The summed E-state index contributed by atoms with van der Waals surface area (Å²) in [5.41, 5.74) is 2.02. The minimum absolute atomic E-state index is 0.0374. The lowest BCUT2D eigenvalue weighted by atomic mass is 10.0. The van der Waals surface area contributed by atoms with E-state index in [1.54, 1.807) is 31.0 Å².